The van der Waals surface area contributed by atoms with Crippen LogP contribution in [0.3, 0.4) is 0 Å². The average Bonchev–Trinajstić information content (AvgIpc) is 2.61. The van der Waals surface area contributed by atoms with Gasteiger partial charge in [-0.3, -0.25) is 14.0 Å². The van der Waals surface area contributed by atoms with Gasteiger partial charge in [-0.2, -0.15) is 0 Å². The fourth-order valence-electron chi connectivity index (χ4n) is 2.24. The summed E-state index contributed by atoms with van der Waals surface area (Å²) >= 11 is 5.89. The van der Waals surface area contributed by atoms with Crippen molar-refractivity contribution in [2.75, 3.05) is 5.32 Å². The first-order chi connectivity index (χ1) is 12.0. The molecule has 3 rings (SSSR count). The van der Waals surface area contributed by atoms with Gasteiger partial charge < -0.3 is 10.1 Å². The highest BCUT2D eigenvalue weighted by Gasteiger charge is 2.05. The number of hydrogen-bond acceptors (Lipinski definition) is 4. The first-order valence-electron chi connectivity index (χ1n) is 7.75. The monoisotopic (exact) mass is 357 g/mol. The summed E-state index contributed by atoms with van der Waals surface area (Å²) in [5.41, 5.74) is 1.52. The van der Waals surface area contributed by atoms with E-state index in [2.05, 4.69) is 10.3 Å². The molecule has 0 bridgehead atoms. The number of fused-ring (bicyclic) bond motifs is 1. The largest absolute Gasteiger partial charge is 0.487 e. The molecule has 0 aliphatic rings. The highest BCUT2D eigenvalue weighted by Crippen LogP contribution is 2.17. The Morgan fingerprint density at radius 1 is 1.24 bits per heavy atom. The average molecular weight is 358 g/mol. The SMILES string of the molecule is CCC(=O)Nc1ccc(OCc2cc(=O)n3cc(Cl)ccc3n2)cc1. The zero-order valence-electron chi connectivity index (χ0n) is 13.5. The molecule has 0 saturated heterocycles. The van der Waals surface area contributed by atoms with Crippen LogP contribution in [0, 0.1) is 0 Å². The van der Waals surface area contributed by atoms with Gasteiger partial charge in [-0.1, -0.05) is 18.5 Å². The van der Waals surface area contributed by atoms with Gasteiger partial charge in [-0.15, -0.1) is 0 Å². The standard InChI is InChI=1S/C18H16ClN3O3/c1-2-17(23)21-13-4-6-15(7-5-13)25-11-14-9-18(24)22-10-12(19)3-8-16(22)20-14/h3-10H,2,11H2,1H3,(H,21,23). The van der Waals surface area contributed by atoms with Crippen LogP contribution in [-0.2, 0) is 11.4 Å². The Bertz CT molecular complexity index is 967. The fraction of sp³-hybridized carbons (Fsp3) is 0.167. The zero-order chi connectivity index (χ0) is 17.8. The summed E-state index contributed by atoms with van der Waals surface area (Å²) in [5.74, 6) is 0.571. The van der Waals surface area contributed by atoms with Crippen molar-refractivity contribution in [2.24, 2.45) is 0 Å². The molecule has 6 nitrogen and oxygen atoms in total. The third-order valence-corrected chi connectivity index (χ3v) is 3.75. The van der Waals surface area contributed by atoms with Gasteiger partial charge in [0.05, 0.1) is 10.7 Å². The van der Waals surface area contributed by atoms with Gasteiger partial charge in [0.25, 0.3) is 5.56 Å². The van der Waals surface area contributed by atoms with E-state index in [9.17, 15) is 9.59 Å². The number of carbonyl (C=O) groups is 1. The number of ether oxygens (including phenoxy) is 1. The molecule has 0 unspecified atom stereocenters. The van der Waals surface area contributed by atoms with Crippen LogP contribution in [0.5, 0.6) is 5.75 Å². The first kappa shape index (κ1) is 17.0. The lowest BCUT2D eigenvalue weighted by atomic mass is 10.3. The summed E-state index contributed by atoms with van der Waals surface area (Å²) in [7, 11) is 0. The number of rotatable bonds is 5. The normalized spacial score (nSPS) is 10.6. The van der Waals surface area contributed by atoms with Crippen molar-refractivity contribution in [3.8, 4) is 5.75 Å². The van der Waals surface area contributed by atoms with Crippen molar-refractivity contribution in [3.05, 3.63) is 69.7 Å². The van der Waals surface area contributed by atoms with E-state index < -0.39 is 0 Å². The van der Waals surface area contributed by atoms with Crippen molar-refractivity contribution in [1.82, 2.24) is 9.38 Å². The van der Waals surface area contributed by atoms with Gasteiger partial charge in [0, 0.05) is 24.4 Å². The molecule has 1 aromatic carbocycles. The van der Waals surface area contributed by atoms with Crippen LogP contribution in [0.2, 0.25) is 5.02 Å². The number of aromatic nitrogens is 2. The summed E-state index contributed by atoms with van der Waals surface area (Å²) in [6.45, 7) is 1.95. The summed E-state index contributed by atoms with van der Waals surface area (Å²) < 4.78 is 7.04. The molecule has 128 valence electrons. The van der Waals surface area contributed by atoms with E-state index in [0.717, 1.165) is 0 Å². The number of nitrogens with one attached hydrogen (secondary N) is 1. The number of hydrogen-bond donors (Lipinski definition) is 1. The molecular weight excluding hydrogens is 342 g/mol. The van der Waals surface area contributed by atoms with Crippen LogP contribution < -0.4 is 15.6 Å². The highest BCUT2D eigenvalue weighted by molar-refractivity contribution is 6.30. The maximum Gasteiger partial charge on any atom is 0.258 e. The second-order valence-electron chi connectivity index (χ2n) is 5.38. The zero-order valence-corrected chi connectivity index (χ0v) is 14.3. The smallest absolute Gasteiger partial charge is 0.258 e. The summed E-state index contributed by atoms with van der Waals surface area (Å²) in [6.07, 6.45) is 1.95. The van der Waals surface area contributed by atoms with E-state index >= 15 is 0 Å². The number of amides is 1. The van der Waals surface area contributed by atoms with Crippen LogP contribution in [-0.4, -0.2) is 15.3 Å². The molecule has 0 fully saturated rings. The Balaban J connectivity index is 1.71. The molecule has 2 heterocycles. The van der Waals surface area contributed by atoms with Crippen LogP contribution in [0.1, 0.15) is 19.0 Å². The van der Waals surface area contributed by atoms with Crippen LogP contribution in [0.15, 0.2) is 53.5 Å². The van der Waals surface area contributed by atoms with Crippen molar-refractivity contribution in [3.63, 3.8) is 0 Å². The molecule has 25 heavy (non-hydrogen) atoms. The molecule has 3 aromatic rings. The molecule has 0 spiro atoms. The Hall–Kier alpha value is -2.86. The topological polar surface area (TPSA) is 72.7 Å². The molecule has 1 amide bonds. The minimum absolute atomic E-state index is 0.0467. The number of carbonyl (C=O) groups excluding carboxylic acids is 1. The fourth-order valence-corrected chi connectivity index (χ4v) is 2.40. The van der Waals surface area contributed by atoms with Crippen molar-refractivity contribution in [1.29, 1.82) is 0 Å². The van der Waals surface area contributed by atoms with E-state index in [-0.39, 0.29) is 18.1 Å². The number of halogens is 1. The predicted octanol–water partition coefficient (Wildman–Crippen LogP) is 3.28. The molecule has 1 N–H and O–H groups in total. The first-order valence-corrected chi connectivity index (χ1v) is 8.13. The van der Waals surface area contributed by atoms with Crippen LogP contribution in [0.4, 0.5) is 5.69 Å². The van der Waals surface area contributed by atoms with Gasteiger partial charge in [0.15, 0.2) is 0 Å². The van der Waals surface area contributed by atoms with Gasteiger partial charge in [-0.05, 0) is 36.4 Å². The lowest BCUT2D eigenvalue weighted by molar-refractivity contribution is -0.115. The minimum Gasteiger partial charge on any atom is -0.487 e. The van der Waals surface area contributed by atoms with E-state index in [4.69, 9.17) is 16.3 Å². The maximum absolute atomic E-state index is 12.1. The minimum atomic E-state index is -0.219. The lowest BCUT2D eigenvalue weighted by Crippen LogP contribution is -2.16. The van der Waals surface area contributed by atoms with Crippen molar-refractivity contribution in [2.45, 2.75) is 20.0 Å². The van der Waals surface area contributed by atoms with Crippen molar-refractivity contribution >= 4 is 28.8 Å². The van der Waals surface area contributed by atoms with Crippen LogP contribution in [0.25, 0.3) is 5.65 Å². The highest BCUT2D eigenvalue weighted by atomic mass is 35.5. The Morgan fingerprint density at radius 2 is 2.00 bits per heavy atom. The Labute approximate surface area is 149 Å². The van der Waals surface area contributed by atoms with Crippen LogP contribution >= 0.6 is 11.6 Å². The van der Waals surface area contributed by atoms with Crippen molar-refractivity contribution < 1.29 is 9.53 Å². The van der Waals surface area contributed by atoms with Gasteiger partial charge in [-0.25, -0.2) is 4.98 Å². The molecular formula is C18H16ClN3O3. The molecule has 0 atom stereocenters. The number of nitrogens with zero attached hydrogens (tertiary/aromatic N) is 2. The molecule has 7 heteroatoms. The Kier molecular flexibility index (Phi) is 5.00. The summed E-state index contributed by atoms with van der Waals surface area (Å²) in [6, 6.07) is 11.8. The number of anilines is 1. The predicted molar refractivity (Wildman–Crippen MR) is 96.2 cm³/mol. The molecule has 0 aliphatic carbocycles. The van der Waals surface area contributed by atoms with E-state index in [1.54, 1.807) is 43.3 Å². The number of benzene rings is 1. The summed E-state index contributed by atoms with van der Waals surface area (Å²) in [5, 5.41) is 3.23. The second-order valence-corrected chi connectivity index (χ2v) is 5.81. The second kappa shape index (κ2) is 7.36. The van der Waals surface area contributed by atoms with Gasteiger partial charge >= 0.3 is 0 Å². The van der Waals surface area contributed by atoms with E-state index in [1.807, 2.05) is 0 Å². The lowest BCUT2D eigenvalue weighted by Gasteiger charge is -2.08. The number of pyridine rings is 1. The quantitative estimate of drug-likeness (QED) is 0.760. The molecule has 0 aliphatic heterocycles. The molecule has 0 radical (unpaired) electrons. The van der Waals surface area contributed by atoms with E-state index in [1.165, 1.54) is 16.7 Å². The van der Waals surface area contributed by atoms with Gasteiger partial charge in [0.1, 0.15) is 18.0 Å². The van der Waals surface area contributed by atoms with Gasteiger partial charge in [0.2, 0.25) is 5.91 Å². The summed E-state index contributed by atoms with van der Waals surface area (Å²) in [4.78, 5) is 27.8. The third kappa shape index (κ3) is 4.16. The Morgan fingerprint density at radius 3 is 2.72 bits per heavy atom. The third-order valence-electron chi connectivity index (χ3n) is 3.52. The molecule has 0 saturated carbocycles. The van der Waals surface area contributed by atoms with E-state index in [0.29, 0.717) is 34.2 Å². The molecule has 2 aromatic heterocycles. The maximum atomic E-state index is 12.1.